The van der Waals surface area contributed by atoms with Gasteiger partial charge in [-0.1, -0.05) is 13.0 Å². The van der Waals surface area contributed by atoms with E-state index in [1.165, 1.54) is 0 Å². The summed E-state index contributed by atoms with van der Waals surface area (Å²) in [6.07, 6.45) is 0.999. The van der Waals surface area contributed by atoms with E-state index in [0.29, 0.717) is 18.2 Å². The van der Waals surface area contributed by atoms with E-state index in [4.69, 9.17) is 4.74 Å². The number of phenolic OH excluding ortho intramolecular Hbond substituents is 2. The quantitative estimate of drug-likeness (QED) is 0.865. The zero-order chi connectivity index (χ0) is 13.1. The van der Waals surface area contributed by atoms with E-state index in [9.17, 15) is 10.2 Å². The molecule has 1 saturated heterocycles. The first-order chi connectivity index (χ1) is 8.65. The lowest BCUT2D eigenvalue weighted by atomic mass is 10.0. The van der Waals surface area contributed by atoms with Gasteiger partial charge < -0.3 is 14.9 Å². The monoisotopic (exact) mass is 251 g/mol. The van der Waals surface area contributed by atoms with Gasteiger partial charge in [-0.3, -0.25) is 4.90 Å². The van der Waals surface area contributed by atoms with Gasteiger partial charge in [0.25, 0.3) is 0 Å². The zero-order valence-corrected chi connectivity index (χ0v) is 11.0. The number of rotatable bonds is 3. The fraction of sp³-hybridized carbons (Fsp3) is 0.571. The highest BCUT2D eigenvalue weighted by molar-refractivity contribution is 5.45. The molecule has 4 heteroatoms. The summed E-state index contributed by atoms with van der Waals surface area (Å²) < 4.78 is 5.48. The van der Waals surface area contributed by atoms with Gasteiger partial charge >= 0.3 is 0 Å². The molecule has 1 aromatic carbocycles. The molecular formula is C14H21NO3. The van der Waals surface area contributed by atoms with E-state index in [0.717, 1.165) is 19.6 Å². The number of ether oxygens (including phenoxy) is 1. The maximum atomic E-state index is 9.93. The largest absolute Gasteiger partial charge is 0.507 e. The van der Waals surface area contributed by atoms with Crippen molar-refractivity contribution in [2.24, 2.45) is 0 Å². The van der Waals surface area contributed by atoms with Crippen molar-refractivity contribution < 1.29 is 14.9 Å². The Morgan fingerprint density at radius 2 is 2.06 bits per heavy atom. The number of benzene rings is 1. The van der Waals surface area contributed by atoms with E-state index in [2.05, 4.69) is 11.8 Å². The molecule has 0 aromatic heterocycles. The molecule has 2 atom stereocenters. The van der Waals surface area contributed by atoms with Gasteiger partial charge in [0.15, 0.2) is 0 Å². The van der Waals surface area contributed by atoms with Gasteiger partial charge in [-0.05, 0) is 25.5 Å². The van der Waals surface area contributed by atoms with E-state index < -0.39 is 0 Å². The smallest absolute Gasteiger partial charge is 0.124 e. The molecule has 0 aliphatic carbocycles. The summed E-state index contributed by atoms with van der Waals surface area (Å²) in [6, 6.07) is 5.21. The Kier molecular flexibility index (Phi) is 4.09. The first-order valence-electron chi connectivity index (χ1n) is 6.49. The predicted molar refractivity (Wildman–Crippen MR) is 69.8 cm³/mol. The fourth-order valence-electron chi connectivity index (χ4n) is 2.66. The molecule has 1 aliphatic rings. The molecule has 2 N–H and O–H groups in total. The van der Waals surface area contributed by atoms with Crippen LogP contribution in [-0.2, 0) is 4.74 Å². The first kappa shape index (κ1) is 13.2. The predicted octanol–water partition coefficient (Wildman–Crippen LogP) is 2.27. The molecule has 2 rings (SSSR count). The molecule has 1 heterocycles. The minimum absolute atomic E-state index is 0.0138. The standard InChI is InChI=1S/C14H21NO3/c1-3-11-9-18-8-7-15(11)10(2)14-12(16)5-4-6-13(14)17/h4-6,10-11,16-17H,3,7-9H2,1-2H3. The van der Waals surface area contributed by atoms with Crippen molar-refractivity contribution in [3.05, 3.63) is 23.8 Å². The molecule has 1 aromatic rings. The highest BCUT2D eigenvalue weighted by Crippen LogP contribution is 2.37. The minimum atomic E-state index is -0.0138. The van der Waals surface area contributed by atoms with Crippen molar-refractivity contribution in [3.63, 3.8) is 0 Å². The van der Waals surface area contributed by atoms with Crippen molar-refractivity contribution in [1.82, 2.24) is 4.90 Å². The van der Waals surface area contributed by atoms with Crippen LogP contribution in [0.1, 0.15) is 31.9 Å². The highest BCUT2D eigenvalue weighted by Gasteiger charge is 2.29. The van der Waals surface area contributed by atoms with Crippen LogP contribution in [0.25, 0.3) is 0 Å². The van der Waals surface area contributed by atoms with Gasteiger partial charge in [0.2, 0.25) is 0 Å². The Morgan fingerprint density at radius 3 is 2.67 bits per heavy atom. The van der Waals surface area contributed by atoms with Crippen molar-refractivity contribution >= 4 is 0 Å². The van der Waals surface area contributed by atoms with Gasteiger partial charge in [0.1, 0.15) is 11.5 Å². The van der Waals surface area contributed by atoms with Gasteiger partial charge in [0, 0.05) is 18.6 Å². The van der Waals surface area contributed by atoms with Crippen LogP contribution in [0.2, 0.25) is 0 Å². The van der Waals surface area contributed by atoms with E-state index >= 15 is 0 Å². The van der Waals surface area contributed by atoms with Crippen molar-refractivity contribution in [2.75, 3.05) is 19.8 Å². The number of morpholine rings is 1. The molecule has 4 nitrogen and oxygen atoms in total. The molecule has 100 valence electrons. The van der Waals surface area contributed by atoms with Crippen molar-refractivity contribution in [1.29, 1.82) is 0 Å². The van der Waals surface area contributed by atoms with Crippen LogP contribution in [0.5, 0.6) is 11.5 Å². The lowest BCUT2D eigenvalue weighted by molar-refractivity contribution is -0.0279. The zero-order valence-electron chi connectivity index (χ0n) is 11.0. The Balaban J connectivity index is 2.26. The maximum Gasteiger partial charge on any atom is 0.124 e. The van der Waals surface area contributed by atoms with E-state index in [1.807, 2.05) is 6.92 Å². The van der Waals surface area contributed by atoms with Gasteiger partial charge in [0.05, 0.1) is 18.8 Å². The summed E-state index contributed by atoms with van der Waals surface area (Å²) in [5.74, 6) is 0.313. The van der Waals surface area contributed by atoms with Crippen molar-refractivity contribution in [2.45, 2.75) is 32.4 Å². The molecule has 0 amide bonds. The second kappa shape index (κ2) is 5.59. The van der Waals surface area contributed by atoms with Crippen LogP contribution in [-0.4, -0.2) is 40.9 Å². The van der Waals surface area contributed by atoms with Gasteiger partial charge in [-0.15, -0.1) is 0 Å². The number of hydrogen-bond donors (Lipinski definition) is 2. The second-order valence-electron chi connectivity index (χ2n) is 4.76. The lowest BCUT2D eigenvalue weighted by Gasteiger charge is -2.39. The molecule has 0 bridgehead atoms. The SMILES string of the molecule is CCC1COCCN1C(C)c1c(O)cccc1O. The number of aromatic hydroxyl groups is 2. The average molecular weight is 251 g/mol. The summed E-state index contributed by atoms with van der Waals surface area (Å²) in [6.45, 7) is 6.39. The van der Waals surface area contributed by atoms with Crippen LogP contribution >= 0.6 is 0 Å². The van der Waals surface area contributed by atoms with Gasteiger partial charge in [-0.2, -0.15) is 0 Å². The Hall–Kier alpha value is -1.26. The normalized spacial score (nSPS) is 22.9. The van der Waals surface area contributed by atoms with Crippen LogP contribution in [0.4, 0.5) is 0 Å². The minimum Gasteiger partial charge on any atom is -0.507 e. The molecule has 1 aliphatic heterocycles. The van der Waals surface area contributed by atoms with Crippen LogP contribution in [0.3, 0.4) is 0 Å². The molecular weight excluding hydrogens is 230 g/mol. The number of hydrogen-bond acceptors (Lipinski definition) is 4. The molecule has 1 fully saturated rings. The van der Waals surface area contributed by atoms with Crippen LogP contribution in [0.15, 0.2) is 18.2 Å². The van der Waals surface area contributed by atoms with E-state index in [1.54, 1.807) is 18.2 Å². The molecule has 0 spiro atoms. The topological polar surface area (TPSA) is 52.9 Å². The Bertz CT molecular complexity index is 388. The molecule has 2 unspecified atom stereocenters. The summed E-state index contributed by atoms with van der Waals surface area (Å²) >= 11 is 0. The first-order valence-corrected chi connectivity index (χ1v) is 6.49. The summed E-state index contributed by atoms with van der Waals surface area (Å²) in [5.41, 5.74) is 0.609. The van der Waals surface area contributed by atoms with Crippen LogP contribution in [0, 0.1) is 0 Å². The second-order valence-corrected chi connectivity index (χ2v) is 4.76. The molecule has 0 radical (unpaired) electrons. The summed E-state index contributed by atoms with van der Waals surface area (Å²) in [4.78, 5) is 2.29. The molecule has 18 heavy (non-hydrogen) atoms. The fourth-order valence-corrected chi connectivity index (χ4v) is 2.66. The lowest BCUT2D eigenvalue weighted by Crippen LogP contribution is -2.46. The third-order valence-corrected chi connectivity index (χ3v) is 3.72. The summed E-state index contributed by atoms with van der Waals surface area (Å²) in [5, 5.41) is 19.9. The van der Waals surface area contributed by atoms with Gasteiger partial charge in [-0.25, -0.2) is 0 Å². The van der Waals surface area contributed by atoms with Crippen molar-refractivity contribution in [3.8, 4) is 11.5 Å². The maximum absolute atomic E-state index is 9.93. The Morgan fingerprint density at radius 1 is 1.39 bits per heavy atom. The highest BCUT2D eigenvalue weighted by atomic mass is 16.5. The number of phenols is 2. The Labute approximate surface area is 108 Å². The van der Waals surface area contributed by atoms with Crippen LogP contribution < -0.4 is 0 Å². The average Bonchev–Trinajstić information content (AvgIpc) is 2.38. The third kappa shape index (κ3) is 2.44. The third-order valence-electron chi connectivity index (χ3n) is 3.72. The summed E-state index contributed by atoms with van der Waals surface area (Å²) in [7, 11) is 0. The number of nitrogens with zero attached hydrogens (tertiary/aromatic N) is 1. The molecule has 0 saturated carbocycles. The van der Waals surface area contributed by atoms with E-state index in [-0.39, 0.29) is 17.5 Å².